The van der Waals surface area contributed by atoms with Crippen LogP contribution in [0.5, 0.6) is 0 Å². The number of aromatic carboxylic acids is 1. The predicted molar refractivity (Wildman–Crippen MR) is 64.6 cm³/mol. The van der Waals surface area contributed by atoms with Gasteiger partial charge in [-0.1, -0.05) is 0 Å². The Kier molecular flexibility index (Phi) is 4.11. The van der Waals surface area contributed by atoms with Crippen molar-refractivity contribution < 1.29 is 14.6 Å². The van der Waals surface area contributed by atoms with Crippen LogP contribution in [-0.4, -0.2) is 47.7 Å². The predicted octanol–water partition coefficient (Wildman–Crippen LogP) is 0.898. The minimum atomic E-state index is -0.956. The highest BCUT2D eigenvalue weighted by molar-refractivity contribution is 5.94. The Morgan fingerprint density at radius 2 is 2.24 bits per heavy atom. The quantitative estimate of drug-likeness (QED) is 0.829. The minimum Gasteiger partial charge on any atom is -0.477 e. The number of hydrogen-bond donors (Lipinski definition) is 1. The van der Waals surface area contributed by atoms with E-state index in [1.807, 2.05) is 18.9 Å². The molecule has 1 aromatic rings. The van der Waals surface area contributed by atoms with Crippen molar-refractivity contribution in [1.82, 2.24) is 9.78 Å². The van der Waals surface area contributed by atoms with Gasteiger partial charge in [0.15, 0.2) is 0 Å². The SMILES string of the molecule is COCC(C)N(C)c1c(C(=O)O)c(C)nn1C. The summed E-state index contributed by atoms with van der Waals surface area (Å²) in [6, 6.07) is 0.0768. The number of aromatic nitrogens is 2. The fourth-order valence-electron chi connectivity index (χ4n) is 1.86. The molecule has 6 heteroatoms. The molecule has 0 bridgehead atoms. The van der Waals surface area contributed by atoms with Gasteiger partial charge in [0.05, 0.1) is 18.3 Å². The monoisotopic (exact) mass is 241 g/mol. The van der Waals surface area contributed by atoms with Gasteiger partial charge in [0, 0.05) is 21.2 Å². The van der Waals surface area contributed by atoms with Crippen molar-refractivity contribution in [3.8, 4) is 0 Å². The third kappa shape index (κ3) is 2.58. The maximum atomic E-state index is 11.2. The van der Waals surface area contributed by atoms with E-state index >= 15 is 0 Å². The Balaban J connectivity index is 3.16. The third-order valence-electron chi connectivity index (χ3n) is 2.81. The van der Waals surface area contributed by atoms with Crippen LogP contribution in [0.3, 0.4) is 0 Å². The molecular weight excluding hydrogens is 222 g/mol. The molecule has 0 radical (unpaired) electrons. The second-order valence-corrected chi connectivity index (χ2v) is 4.13. The Morgan fingerprint density at radius 1 is 1.65 bits per heavy atom. The van der Waals surface area contributed by atoms with Crippen LogP contribution < -0.4 is 4.90 Å². The first-order valence-corrected chi connectivity index (χ1v) is 5.38. The van der Waals surface area contributed by atoms with Crippen LogP contribution in [0.1, 0.15) is 23.0 Å². The molecule has 1 aromatic heterocycles. The van der Waals surface area contributed by atoms with E-state index in [0.717, 1.165) is 0 Å². The van der Waals surface area contributed by atoms with Gasteiger partial charge in [-0.3, -0.25) is 4.68 Å². The largest absolute Gasteiger partial charge is 0.477 e. The first-order valence-electron chi connectivity index (χ1n) is 5.38. The molecule has 96 valence electrons. The number of ether oxygens (including phenoxy) is 1. The summed E-state index contributed by atoms with van der Waals surface area (Å²) in [6.45, 7) is 4.19. The van der Waals surface area contributed by atoms with Crippen molar-refractivity contribution in [2.45, 2.75) is 19.9 Å². The number of carboxylic acids is 1. The van der Waals surface area contributed by atoms with Gasteiger partial charge in [-0.25, -0.2) is 4.79 Å². The number of nitrogens with zero attached hydrogens (tertiary/aromatic N) is 3. The van der Waals surface area contributed by atoms with Gasteiger partial charge >= 0.3 is 5.97 Å². The van der Waals surface area contributed by atoms with Gasteiger partial charge in [-0.15, -0.1) is 0 Å². The molecule has 0 spiro atoms. The number of carboxylic acid groups (broad SMARTS) is 1. The lowest BCUT2D eigenvalue weighted by Crippen LogP contribution is -2.35. The molecule has 6 nitrogen and oxygen atoms in total. The molecule has 0 aliphatic carbocycles. The van der Waals surface area contributed by atoms with Gasteiger partial charge in [-0.2, -0.15) is 5.10 Å². The van der Waals surface area contributed by atoms with E-state index in [9.17, 15) is 9.90 Å². The second-order valence-electron chi connectivity index (χ2n) is 4.13. The highest BCUT2D eigenvalue weighted by atomic mass is 16.5. The van der Waals surface area contributed by atoms with E-state index in [1.54, 1.807) is 25.8 Å². The standard InChI is InChI=1S/C11H19N3O3/c1-7(6-17-5)13(3)10-9(11(15)16)8(2)12-14(10)4/h7H,6H2,1-5H3,(H,15,16). The molecule has 17 heavy (non-hydrogen) atoms. The normalized spacial score (nSPS) is 12.5. The van der Waals surface area contributed by atoms with Crippen molar-refractivity contribution in [2.24, 2.45) is 7.05 Å². The third-order valence-corrected chi connectivity index (χ3v) is 2.81. The van der Waals surface area contributed by atoms with Crippen molar-refractivity contribution in [3.05, 3.63) is 11.3 Å². The van der Waals surface area contributed by atoms with Crippen LogP contribution in [-0.2, 0) is 11.8 Å². The number of hydrogen-bond acceptors (Lipinski definition) is 4. The maximum Gasteiger partial charge on any atom is 0.341 e. The fraction of sp³-hybridized carbons (Fsp3) is 0.636. The Labute approximate surface area is 101 Å². The summed E-state index contributed by atoms with van der Waals surface area (Å²) in [6.07, 6.45) is 0. The number of rotatable bonds is 5. The number of carbonyl (C=O) groups is 1. The number of aryl methyl sites for hydroxylation is 2. The van der Waals surface area contributed by atoms with E-state index in [2.05, 4.69) is 5.10 Å². The first kappa shape index (κ1) is 13.5. The summed E-state index contributed by atoms with van der Waals surface area (Å²) in [5, 5.41) is 13.4. The highest BCUT2D eigenvalue weighted by Crippen LogP contribution is 2.23. The summed E-state index contributed by atoms with van der Waals surface area (Å²) in [5.41, 5.74) is 0.768. The van der Waals surface area contributed by atoms with Crippen molar-refractivity contribution in [3.63, 3.8) is 0 Å². The molecule has 1 N–H and O–H groups in total. The molecule has 0 fully saturated rings. The Morgan fingerprint density at radius 3 is 2.71 bits per heavy atom. The average Bonchev–Trinajstić information content (AvgIpc) is 2.52. The van der Waals surface area contributed by atoms with Crippen molar-refractivity contribution >= 4 is 11.8 Å². The first-order chi connectivity index (χ1) is 7.90. The summed E-state index contributed by atoms with van der Waals surface area (Å²) in [7, 11) is 5.20. The van der Waals surface area contributed by atoms with E-state index in [4.69, 9.17) is 4.74 Å². The highest BCUT2D eigenvalue weighted by Gasteiger charge is 2.24. The minimum absolute atomic E-state index is 0.0768. The zero-order valence-corrected chi connectivity index (χ0v) is 10.9. The van der Waals surface area contributed by atoms with Crippen LogP contribution in [0.2, 0.25) is 0 Å². The second kappa shape index (κ2) is 5.18. The van der Waals surface area contributed by atoms with Crippen LogP contribution in [0, 0.1) is 6.92 Å². The molecule has 1 unspecified atom stereocenters. The van der Waals surface area contributed by atoms with Crippen LogP contribution in [0.15, 0.2) is 0 Å². The van der Waals surface area contributed by atoms with E-state index < -0.39 is 5.97 Å². The molecule has 0 aliphatic rings. The van der Waals surface area contributed by atoms with E-state index in [1.165, 1.54) is 0 Å². The molecular formula is C11H19N3O3. The summed E-state index contributed by atoms with van der Waals surface area (Å²) < 4.78 is 6.66. The molecule has 1 rings (SSSR count). The lowest BCUT2D eigenvalue weighted by atomic mass is 10.2. The molecule has 0 saturated carbocycles. The van der Waals surface area contributed by atoms with E-state index in [-0.39, 0.29) is 11.6 Å². The lowest BCUT2D eigenvalue weighted by Gasteiger charge is -2.26. The van der Waals surface area contributed by atoms with Crippen molar-refractivity contribution in [2.75, 3.05) is 25.7 Å². The Hall–Kier alpha value is -1.56. The zero-order valence-electron chi connectivity index (χ0n) is 10.9. The molecule has 0 aromatic carbocycles. The van der Waals surface area contributed by atoms with Crippen molar-refractivity contribution in [1.29, 1.82) is 0 Å². The molecule has 0 aliphatic heterocycles. The molecule has 1 heterocycles. The molecule has 0 amide bonds. The van der Waals surface area contributed by atoms with Crippen LogP contribution in [0.4, 0.5) is 5.82 Å². The van der Waals surface area contributed by atoms with E-state index in [0.29, 0.717) is 18.1 Å². The summed E-state index contributed by atoms with van der Waals surface area (Å²) in [5.74, 6) is -0.360. The summed E-state index contributed by atoms with van der Waals surface area (Å²) >= 11 is 0. The fourth-order valence-corrected chi connectivity index (χ4v) is 1.86. The van der Waals surface area contributed by atoms with Gasteiger partial charge in [0.25, 0.3) is 0 Å². The van der Waals surface area contributed by atoms with Crippen LogP contribution >= 0.6 is 0 Å². The average molecular weight is 241 g/mol. The van der Waals surface area contributed by atoms with Gasteiger partial charge < -0.3 is 14.7 Å². The smallest absolute Gasteiger partial charge is 0.341 e. The van der Waals surface area contributed by atoms with Gasteiger partial charge in [-0.05, 0) is 13.8 Å². The summed E-state index contributed by atoms with van der Waals surface area (Å²) in [4.78, 5) is 13.1. The number of anilines is 1. The molecule has 1 atom stereocenters. The van der Waals surface area contributed by atoms with Crippen LogP contribution in [0.25, 0.3) is 0 Å². The lowest BCUT2D eigenvalue weighted by molar-refractivity contribution is 0.0696. The Bertz CT molecular complexity index is 414. The maximum absolute atomic E-state index is 11.2. The molecule has 0 saturated heterocycles. The number of methoxy groups -OCH3 is 1. The zero-order chi connectivity index (χ0) is 13.2. The van der Waals surface area contributed by atoms with Gasteiger partial charge in [0.2, 0.25) is 0 Å². The topological polar surface area (TPSA) is 67.6 Å². The number of likely N-dealkylation sites (N-methyl/N-ethyl adjacent to an activating group) is 1. The van der Waals surface area contributed by atoms with Gasteiger partial charge in [0.1, 0.15) is 11.4 Å².